The summed E-state index contributed by atoms with van der Waals surface area (Å²) < 4.78 is 1.37. The van der Waals surface area contributed by atoms with Gasteiger partial charge in [0.1, 0.15) is 6.33 Å². The molecule has 3 rings (SSSR count). The fourth-order valence-corrected chi connectivity index (χ4v) is 1.77. The van der Waals surface area contributed by atoms with Gasteiger partial charge in [-0.2, -0.15) is 4.68 Å². The van der Waals surface area contributed by atoms with Gasteiger partial charge in [-0.15, -0.1) is 5.10 Å². The molecule has 0 aliphatic carbocycles. The number of nitro benzene ring substituents is 1. The molecule has 9 heteroatoms. The van der Waals surface area contributed by atoms with E-state index in [0.29, 0.717) is 17.2 Å². The third-order valence-electron chi connectivity index (χ3n) is 2.73. The predicted molar refractivity (Wildman–Crippen MR) is 73.5 cm³/mol. The SMILES string of the molecule is Nc1nccnc1-n1cnc(-c2cccc([N+](=O)[O-])c2)n1. The van der Waals surface area contributed by atoms with E-state index in [1.54, 1.807) is 12.1 Å². The van der Waals surface area contributed by atoms with Crippen molar-refractivity contribution in [3.8, 4) is 17.2 Å². The highest BCUT2D eigenvalue weighted by Crippen LogP contribution is 2.21. The van der Waals surface area contributed by atoms with E-state index in [0.717, 1.165) is 0 Å². The van der Waals surface area contributed by atoms with Crippen molar-refractivity contribution in [1.82, 2.24) is 24.7 Å². The standard InChI is InChI=1S/C12H9N7O2/c13-10-12(15-5-4-14-10)18-7-16-11(17-18)8-2-1-3-9(6-8)19(20)21/h1-7H,(H2,13,14). The van der Waals surface area contributed by atoms with Gasteiger partial charge in [0, 0.05) is 30.1 Å². The monoisotopic (exact) mass is 283 g/mol. The van der Waals surface area contributed by atoms with Gasteiger partial charge in [-0.05, 0) is 0 Å². The molecule has 21 heavy (non-hydrogen) atoms. The molecule has 0 unspecified atom stereocenters. The summed E-state index contributed by atoms with van der Waals surface area (Å²) in [5.41, 5.74) is 6.22. The van der Waals surface area contributed by atoms with Gasteiger partial charge in [0.05, 0.1) is 4.92 Å². The lowest BCUT2D eigenvalue weighted by Gasteiger charge is -2.01. The molecular formula is C12H9N7O2. The summed E-state index contributed by atoms with van der Waals surface area (Å²) >= 11 is 0. The maximum atomic E-state index is 10.8. The van der Waals surface area contributed by atoms with Crippen LogP contribution >= 0.6 is 0 Å². The van der Waals surface area contributed by atoms with E-state index in [1.165, 1.54) is 35.5 Å². The molecular weight excluding hydrogens is 274 g/mol. The number of nitrogens with two attached hydrogens (primary N) is 1. The van der Waals surface area contributed by atoms with Gasteiger partial charge in [-0.3, -0.25) is 10.1 Å². The van der Waals surface area contributed by atoms with Gasteiger partial charge in [0.2, 0.25) is 0 Å². The van der Waals surface area contributed by atoms with Crippen molar-refractivity contribution in [2.75, 3.05) is 5.73 Å². The van der Waals surface area contributed by atoms with Crippen molar-refractivity contribution < 1.29 is 4.92 Å². The number of rotatable bonds is 3. The second kappa shape index (κ2) is 4.96. The minimum atomic E-state index is -0.471. The molecule has 0 amide bonds. The molecule has 0 saturated heterocycles. The predicted octanol–water partition coefficient (Wildman–Crippen LogP) is 1.21. The van der Waals surface area contributed by atoms with Crippen LogP contribution in [0.3, 0.4) is 0 Å². The van der Waals surface area contributed by atoms with E-state index in [4.69, 9.17) is 5.73 Å². The smallest absolute Gasteiger partial charge is 0.270 e. The number of hydrogen-bond acceptors (Lipinski definition) is 7. The van der Waals surface area contributed by atoms with Crippen LogP contribution in [0.15, 0.2) is 43.0 Å². The highest BCUT2D eigenvalue weighted by Gasteiger charge is 2.12. The molecule has 2 heterocycles. The maximum absolute atomic E-state index is 10.8. The Labute approximate surface area is 118 Å². The minimum absolute atomic E-state index is 0.0251. The summed E-state index contributed by atoms with van der Waals surface area (Å²) in [6.07, 6.45) is 4.38. The summed E-state index contributed by atoms with van der Waals surface area (Å²) in [5.74, 6) is 0.901. The Bertz CT molecular complexity index is 815. The Kier molecular flexibility index (Phi) is 2.99. The van der Waals surface area contributed by atoms with E-state index in [-0.39, 0.29) is 11.5 Å². The highest BCUT2D eigenvalue weighted by molar-refractivity contribution is 5.59. The zero-order valence-electron chi connectivity index (χ0n) is 10.6. The lowest BCUT2D eigenvalue weighted by molar-refractivity contribution is -0.384. The van der Waals surface area contributed by atoms with Crippen molar-refractivity contribution in [3.05, 3.63) is 53.1 Å². The molecule has 3 aromatic rings. The number of nitro groups is 1. The number of nitrogens with zero attached hydrogens (tertiary/aromatic N) is 6. The van der Waals surface area contributed by atoms with Gasteiger partial charge < -0.3 is 5.73 Å². The number of anilines is 1. The maximum Gasteiger partial charge on any atom is 0.270 e. The van der Waals surface area contributed by atoms with Crippen molar-refractivity contribution in [2.45, 2.75) is 0 Å². The van der Waals surface area contributed by atoms with E-state index in [9.17, 15) is 10.1 Å². The first-order valence-corrected chi connectivity index (χ1v) is 5.88. The summed E-state index contributed by atoms with van der Waals surface area (Å²) in [6, 6.07) is 6.07. The Morgan fingerprint density at radius 1 is 1.19 bits per heavy atom. The van der Waals surface area contributed by atoms with Crippen LogP contribution in [0.25, 0.3) is 17.2 Å². The Hall–Kier alpha value is -3.36. The zero-order valence-corrected chi connectivity index (χ0v) is 10.6. The zero-order chi connectivity index (χ0) is 14.8. The lowest BCUT2D eigenvalue weighted by atomic mass is 10.2. The molecule has 0 spiro atoms. The van der Waals surface area contributed by atoms with E-state index >= 15 is 0 Å². The first kappa shape index (κ1) is 12.7. The Morgan fingerprint density at radius 2 is 2.00 bits per heavy atom. The average Bonchev–Trinajstić information content (AvgIpc) is 2.97. The van der Waals surface area contributed by atoms with Crippen molar-refractivity contribution in [2.24, 2.45) is 0 Å². The quantitative estimate of drug-likeness (QED) is 0.565. The second-order valence-electron chi connectivity index (χ2n) is 4.09. The third kappa shape index (κ3) is 2.39. The van der Waals surface area contributed by atoms with Crippen molar-refractivity contribution in [3.63, 3.8) is 0 Å². The number of benzene rings is 1. The van der Waals surface area contributed by atoms with Gasteiger partial charge >= 0.3 is 0 Å². The lowest BCUT2D eigenvalue weighted by Crippen LogP contribution is -2.04. The van der Waals surface area contributed by atoms with Crippen LogP contribution in [0.5, 0.6) is 0 Å². The molecule has 104 valence electrons. The molecule has 0 fully saturated rings. The number of aromatic nitrogens is 5. The molecule has 0 saturated carbocycles. The van der Waals surface area contributed by atoms with Gasteiger partial charge in [0.15, 0.2) is 17.5 Å². The third-order valence-corrected chi connectivity index (χ3v) is 2.73. The Morgan fingerprint density at radius 3 is 2.76 bits per heavy atom. The summed E-state index contributed by atoms with van der Waals surface area (Å²) in [4.78, 5) is 22.4. The fourth-order valence-electron chi connectivity index (χ4n) is 1.77. The van der Waals surface area contributed by atoms with Crippen LogP contribution in [-0.4, -0.2) is 29.7 Å². The molecule has 0 radical (unpaired) electrons. The highest BCUT2D eigenvalue weighted by atomic mass is 16.6. The van der Waals surface area contributed by atoms with Crippen LogP contribution in [0.4, 0.5) is 11.5 Å². The van der Waals surface area contributed by atoms with E-state index in [2.05, 4.69) is 20.1 Å². The topological polar surface area (TPSA) is 126 Å². The first-order chi connectivity index (χ1) is 10.1. The fraction of sp³-hybridized carbons (Fsp3) is 0. The van der Waals surface area contributed by atoms with Crippen molar-refractivity contribution >= 4 is 11.5 Å². The Balaban J connectivity index is 2.01. The number of hydrogen-bond donors (Lipinski definition) is 1. The largest absolute Gasteiger partial charge is 0.381 e. The van der Waals surface area contributed by atoms with Gasteiger partial charge in [-0.25, -0.2) is 15.0 Å². The normalized spacial score (nSPS) is 10.5. The minimum Gasteiger partial charge on any atom is -0.381 e. The first-order valence-electron chi connectivity index (χ1n) is 5.88. The van der Waals surface area contributed by atoms with Gasteiger partial charge in [-0.1, -0.05) is 12.1 Å². The second-order valence-corrected chi connectivity index (χ2v) is 4.09. The number of non-ortho nitro benzene ring substituents is 1. The average molecular weight is 283 g/mol. The van der Waals surface area contributed by atoms with E-state index in [1.807, 2.05) is 0 Å². The van der Waals surface area contributed by atoms with Crippen LogP contribution in [0.2, 0.25) is 0 Å². The van der Waals surface area contributed by atoms with Crippen LogP contribution in [-0.2, 0) is 0 Å². The molecule has 0 bridgehead atoms. The van der Waals surface area contributed by atoms with Crippen LogP contribution in [0, 0.1) is 10.1 Å². The molecule has 9 nitrogen and oxygen atoms in total. The summed E-state index contributed by atoms with van der Waals surface area (Å²) in [5, 5.41) is 15.0. The summed E-state index contributed by atoms with van der Waals surface area (Å²) in [7, 11) is 0. The summed E-state index contributed by atoms with van der Waals surface area (Å²) in [6.45, 7) is 0. The molecule has 2 aromatic heterocycles. The molecule has 0 atom stereocenters. The molecule has 0 aliphatic heterocycles. The van der Waals surface area contributed by atoms with Crippen LogP contribution in [0.1, 0.15) is 0 Å². The van der Waals surface area contributed by atoms with Crippen molar-refractivity contribution in [1.29, 1.82) is 0 Å². The van der Waals surface area contributed by atoms with E-state index < -0.39 is 4.92 Å². The molecule has 0 aliphatic rings. The van der Waals surface area contributed by atoms with Crippen LogP contribution < -0.4 is 5.73 Å². The number of nitrogen functional groups attached to an aromatic ring is 1. The van der Waals surface area contributed by atoms with Gasteiger partial charge in [0.25, 0.3) is 5.69 Å². The molecule has 2 N–H and O–H groups in total. The molecule has 1 aromatic carbocycles.